The van der Waals surface area contributed by atoms with Crippen molar-refractivity contribution >= 4 is 5.91 Å². The average molecular weight is 214 g/mol. The molecule has 0 saturated heterocycles. The van der Waals surface area contributed by atoms with Crippen LogP contribution in [-0.2, 0) is 0 Å². The van der Waals surface area contributed by atoms with Gasteiger partial charge < -0.3 is 11.1 Å². The van der Waals surface area contributed by atoms with Crippen LogP contribution in [0.15, 0.2) is 12.1 Å². The van der Waals surface area contributed by atoms with Crippen LogP contribution in [0.1, 0.15) is 15.9 Å². The molecule has 1 rings (SSSR count). The monoisotopic (exact) mass is 214 g/mol. The summed E-state index contributed by atoms with van der Waals surface area (Å²) in [6.07, 6.45) is 0. The number of carbonyl (C=O) groups excluding carboxylic acids is 1. The number of hydrogen-bond acceptors (Lipinski definition) is 2. The minimum Gasteiger partial charge on any atom is -0.351 e. The fraction of sp³-hybridized carbons (Fsp3) is 0.300. The van der Waals surface area contributed by atoms with E-state index in [4.69, 9.17) is 5.73 Å². The Labute approximate surface area is 86.3 Å². The summed E-state index contributed by atoms with van der Waals surface area (Å²) in [7, 11) is 0. The Hall–Kier alpha value is -1.49. The van der Waals surface area contributed by atoms with Gasteiger partial charge in [-0.15, -0.1) is 0 Å². The molecule has 1 aromatic carbocycles. The first-order valence-electron chi connectivity index (χ1n) is 4.50. The van der Waals surface area contributed by atoms with E-state index in [1.54, 1.807) is 0 Å². The second-order valence-corrected chi connectivity index (χ2v) is 3.13. The van der Waals surface area contributed by atoms with Crippen LogP contribution in [0.25, 0.3) is 0 Å². The molecule has 0 saturated carbocycles. The van der Waals surface area contributed by atoms with Gasteiger partial charge >= 0.3 is 0 Å². The number of benzene rings is 1. The highest BCUT2D eigenvalue weighted by molar-refractivity contribution is 5.94. The van der Waals surface area contributed by atoms with Crippen molar-refractivity contribution in [1.82, 2.24) is 5.32 Å². The summed E-state index contributed by atoms with van der Waals surface area (Å²) >= 11 is 0. The number of halogens is 2. The molecule has 5 heteroatoms. The molecule has 1 amide bonds. The third kappa shape index (κ3) is 2.73. The van der Waals surface area contributed by atoms with Crippen LogP contribution in [0, 0.1) is 18.6 Å². The third-order valence-corrected chi connectivity index (χ3v) is 1.92. The Kier molecular flexibility index (Phi) is 3.74. The fourth-order valence-electron chi connectivity index (χ4n) is 1.11. The molecule has 0 aliphatic heterocycles. The fourth-order valence-corrected chi connectivity index (χ4v) is 1.11. The predicted octanol–water partition coefficient (Wildman–Crippen LogP) is 0.962. The summed E-state index contributed by atoms with van der Waals surface area (Å²) in [5.41, 5.74) is 5.24. The number of aryl methyl sites for hydroxylation is 1. The number of hydrogen-bond donors (Lipinski definition) is 2. The number of rotatable bonds is 3. The van der Waals surface area contributed by atoms with Crippen molar-refractivity contribution in [2.75, 3.05) is 13.1 Å². The minimum atomic E-state index is -0.868. The molecule has 15 heavy (non-hydrogen) atoms. The van der Waals surface area contributed by atoms with E-state index in [9.17, 15) is 13.6 Å². The summed E-state index contributed by atoms with van der Waals surface area (Å²) in [5, 5.41) is 2.41. The molecular weight excluding hydrogens is 202 g/mol. The second kappa shape index (κ2) is 4.84. The van der Waals surface area contributed by atoms with Crippen LogP contribution in [0.4, 0.5) is 8.78 Å². The van der Waals surface area contributed by atoms with Gasteiger partial charge in [0, 0.05) is 19.2 Å². The Balaban J connectivity index is 2.94. The molecule has 0 heterocycles. The van der Waals surface area contributed by atoms with Crippen molar-refractivity contribution in [3.05, 3.63) is 34.9 Å². The van der Waals surface area contributed by atoms with Crippen LogP contribution in [-0.4, -0.2) is 19.0 Å². The van der Waals surface area contributed by atoms with Crippen LogP contribution in [0.5, 0.6) is 0 Å². The third-order valence-electron chi connectivity index (χ3n) is 1.92. The maximum atomic E-state index is 13.2. The average Bonchev–Trinajstić information content (AvgIpc) is 2.20. The summed E-state index contributed by atoms with van der Waals surface area (Å²) in [6, 6.07) is 1.88. The van der Waals surface area contributed by atoms with E-state index in [1.165, 1.54) is 13.0 Å². The highest BCUT2D eigenvalue weighted by Gasteiger charge is 2.13. The molecule has 0 aliphatic rings. The highest BCUT2D eigenvalue weighted by atomic mass is 19.1. The molecule has 0 unspecified atom stereocenters. The lowest BCUT2D eigenvalue weighted by molar-refractivity contribution is 0.0950. The van der Waals surface area contributed by atoms with E-state index in [0.717, 1.165) is 0 Å². The summed E-state index contributed by atoms with van der Waals surface area (Å²) in [4.78, 5) is 11.4. The van der Waals surface area contributed by atoms with E-state index in [0.29, 0.717) is 6.07 Å². The van der Waals surface area contributed by atoms with Crippen LogP contribution >= 0.6 is 0 Å². The zero-order valence-corrected chi connectivity index (χ0v) is 8.31. The van der Waals surface area contributed by atoms with Crippen molar-refractivity contribution < 1.29 is 13.6 Å². The van der Waals surface area contributed by atoms with Gasteiger partial charge in [-0.2, -0.15) is 0 Å². The van der Waals surface area contributed by atoms with Gasteiger partial charge in [-0.05, 0) is 18.6 Å². The van der Waals surface area contributed by atoms with Crippen LogP contribution in [0.2, 0.25) is 0 Å². The molecule has 0 spiro atoms. The molecule has 0 fully saturated rings. The molecule has 0 aliphatic carbocycles. The van der Waals surface area contributed by atoms with Gasteiger partial charge in [0.15, 0.2) is 0 Å². The van der Waals surface area contributed by atoms with Crippen molar-refractivity contribution in [2.24, 2.45) is 5.73 Å². The first-order valence-corrected chi connectivity index (χ1v) is 4.50. The summed E-state index contributed by atoms with van der Waals surface area (Å²) in [6.45, 7) is 2.00. The van der Waals surface area contributed by atoms with Crippen molar-refractivity contribution in [3.63, 3.8) is 0 Å². The largest absolute Gasteiger partial charge is 0.351 e. The van der Waals surface area contributed by atoms with Crippen LogP contribution < -0.4 is 11.1 Å². The van der Waals surface area contributed by atoms with Crippen molar-refractivity contribution in [1.29, 1.82) is 0 Å². The van der Waals surface area contributed by atoms with Crippen molar-refractivity contribution in [2.45, 2.75) is 6.92 Å². The van der Waals surface area contributed by atoms with E-state index in [1.807, 2.05) is 0 Å². The number of amides is 1. The molecule has 3 nitrogen and oxygen atoms in total. The second-order valence-electron chi connectivity index (χ2n) is 3.13. The van der Waals surface area contributed by atoms with E-state index in [2.05, 4.69) is 5.32 Å². The molecule has 0 bridgehead atoms. The van der Waals surface area contributed by atoms with Gasteiger partial charge in [0.25, 0.3) is 5.91 Å². The zero-order chi connectivity index (χ0) is 11.4. The number of nitrogens with two attached hydrogens (primary N) is 1. The Morgan fingerprint density at radius 3 is 2.67 bits per heavy atom. The number of nitrogens with one attached hydrogen (secondary N) is 1. The zero-order valence-electron chi connectivity index (χ0n) is 8.31. The maximum Gasteiger partial charge on any atom is 0.254 e. The SMILES string of the molecule is Cc1cc(C(=O)NCCN)c(F)cc1F. The minimum absolute atomic E-state index is 0.164. The molecule has 82 valence electrons. The Morgan fingerprint density at radius 2 is 2.07 bits per heavy atom. The normalized spacial score (nSPS) is 10.1. The van der Waals surface area contributed by atoms with Crippen LogP contribution in [0.3, 0.4) is 0 Å². The van der Waals surface area contributed by atoms with Gasteiger partial charge in [-0.3, -0.25) is 4.79 Å². The lowest BCUT2D eigenvalue weighted by Crippen LogP contribution is -2.29. The maximum absolute atomic E-state index is 13.2. The quantitative estimate of drug-likeness (QED) is 0.787. The van der Waals surface area contributed by atoms with Gasteiger partial charge in [-0.1, -0.05) is 0 Å². The lowest BCUT2D eigenvalue weighted by atomic mass is 10.1. The summed E-state index contributed by atoms with van der Waals surface area (Å²) < 4.78 is 26.1. The molecule has 0 atom stereocenters. The molecule has 3 N–H and O–H groups in total. The van der Waals surface area contributed by atoms with Gasteiger partial charge in [0.2, 0.25) is 0 Å². The predicted molar refractivity (Wildman–Crippen MR) is 52.5 cm³/mol. The topological polar surface area (TPSA) is 55.1 Å². The molecule has 0 aromatic heterocycles. The molecule has 1 aromatic rings. The highest BCUT2D eigenvalue weighted by Crippen LogP contribution is 2.13. The van der Waals surface area contributed by atoms with Gasteiger partial charge in [-0.25, -0.2) is 8.78 Å². The molecule has 0 radical (unpaired) electrons. The molecular formula is C10H12F2N2O. The van der Waals surface area contributed by atoms with Crippen molar-refractivity contribution in [3.8, 4) is 0 Å². The Bertz CT molecular complexity index is 380. The first kappa shape index (κ1) is 11.6. The standard InChI is InChI=1S/C10H12F2N2O/c1-6-4-7(9(12)5-8(6)11)10(15)14-3-2-13/h4-5H,2-3,13H2,1H3,(H,14,15). The lowest BCUT2D eigenvalue weighted by Gasteiger charge is -2.06. The van der Waals surface area contributed by atoms with E-state index >= 15 is 0 Å². The number of carbonyl (C=O) groups is 1. The first-order chi connectivity index (χ1) is 7.06. The summed E-state index contributed by atoms with van der Waals surface area (Å²) in [5.74, 6) is -2.11. The van der Waals surface area contributed by atoms with Gasteiger partial charge in [0.1, 0.15) is 11.6 Å². The van der Waals surface area contributed by atoms with Gasteiger partial charge in [0.05, 0.1) is 5.56 Å². The van der Waals surface area contributed by atoms with E-state index < -0.39 is 17.5 Å². The smallest absolute Gasteiger partial charge is 0.254 e. The Morgan fingerprint density at radius 1 is 1.40 bits per heavy atom. The van der Waals surface area contributed by atoms with E-state index in [-0.39, 0.29) is 24.2 Å².